The number of fused-ring (bicyclic) bond motifs is 1. The van der Waals surface area contributed by atoms with Crippen LogP contribution in [0.5, 0.6) is 11.5 Å². The maximum absolute atomic E-state index is 13.6. The molecule has 33 heavy (non-hydrogen) atoms. The average Bonchev–Trinajstić information content (AvgIpc) is 2.77. The van der Waals surface area contributed by atoms with E-state index < -0.39 is 34.6 Å². The molecule has 5 nitrogen and oxygen atoms in total. The summed E-state index contributed by atoms with van der Waals surface area (Å²) in [5.41, 5.74) is -0.0315. The first-order valence-electron chi connectivity index (χ1n) is 9.80. The summed E-state index contributed by atoms with van der Waals surface area (Å²) in [6.07, 6.45) is -5.48. The molecule has 174 valence electrons. The molecule has 1 heterocycles. The van der Waals surface area contributed by atoms with Crippen LogP contribution in [0.4, 0.5) is 13.2 Å². The van der Waals surface area contributed by atoms with Crippen LogP contribution in [0.25, 0.3) is 11.1 Å². The minimum Gasteiger partial charge on any atom is -0.486 e. The molecule has 0 unspecified atom stereocenters. The van der Waals surface area contributed by atoms with Gasteiger partial charge < -0.3 is 9.47 Å². The first kappa shape index (κ1) is 23.4. The van der Waals surface area contributed by atoms with Crippen LogP contribution in [0.2, 0.25) is 5.02 Å². The van der Waals surface area contributed by atoms with Gasteiger partial charge in [-0.15, -0.1) is 0 Å². The predicted molar refractivity (Wildman–Crippen MR) is 116 cm³/mol. The Kier molecular flexibility index (Phi) is 6.30. The number of hydrogen-bond acceptors (Lipinski definition) is 5. The van der Waals surface area contributed by atoms with Gasteiger partial charge in [0.1, 0.15) is 13.2 Å². The van der Waals surface area contributed by atoms with Crippen LogP contribution >= 0.6 is 11.6 Å². The van der Waals surface area contributed by atoms with Crippen LogP contribution in [0, 0.1) is 6.92 Å². The van der Waals surface area contributed by atoms with Crippen molar-refractivity contribution >= 4 is 21.7 Å². The van der Waals surface area contributed by atoms with Crippen LogP contribution < -0.4 is 9.47 Å². The van der Waals surface area contributed by atoms with E-state index in [9.17, 15) is 21.6 Å². The molecule has 0 aliphatic carbocycles. The van der Waals surface area contributed by atoms with E-state index in [4.69, 9.17) is 25.3 Å². The fraction of sp³-hybridized carbons (Fsp3) is 0.217. The van der Waals surface area contributed by atoms with Gasteiger partial charge in [0.05, 0.1) is 10.5 Å². The third-order valence-corrected chi connectivity index (χ3v) is 6.48. The number of aryl methyl sites for hydroxylation is 1. The smallest absolute Gasteiger partial charge is 0.417 e. The Labute approximate surface area is 193 Å². The van der Waals surface area contributed by atoms with Crippen molar-refractivity contribution in [2.24, 2.45) is 0 Å². The van der Waals surface area contributed by atoms with Crippen molar-refractivity contribution in [3.8, 4) is 22.6 Å². The largest absolute Gasteiger partial charge is 0.486 e. The molecule has 10 heteroatoms. The third-order valence-electron chi connectivity index (χ3n) is 4.97. The molecular formula is C23H18ClF3O5S. The lowest BCUT2D eigenvalue weighted by Crippen LogP contribution is -2.34. The maximum atomic E-state index is 13.6. The highest BCUT2D eigenvalue weighted by Crippen LogP contribution is 2.47. The van der Waals surface area contributed by atoms with Crippen molar-refractivity contribution in [1.29, 1.82) is 0 Å². The maximum Gasteiger partial charge on any atom is 0.417 e. The molecule has 4 rings (SSSR count). The summed E-state index contributed by atoms with van der Waals surface area (Å²) >= 11 is 6.11. The van der Waals surface area contributed by atoms with E-state index in [-0.39, 0.29) is 39.2 Å². The summed E-state index contributed by atoms with van der Waals surface area (Å²) in [5, 5.41) is 0.168. The zero-order valence-electron chi connectivity index (χ0n) is 17.2. The quantitative estimate of drug-likeness (QED) is 0.411. The Morgan fingerprint density at radius 1 is 1.06 bits per heavy atom. The van der Waals surface area contributed by atoms with Gasteiger partial charge in [0.2, 0.25) is 0 Å². The van der Waals surface area contributed by atoms with Crippen LogP contribution in [-0.4, -0.2) is 27.7 Å². The van der Waals surface area contributed by atoms with Crippen LogP contribution in [-0.2, 0) is 20.5 Å². The topological polar surface area (TPSA) is 61.8 Å². The van der Waals surface area contributed by atoms with Gasteiger partial charge in [-0.1, -0.05) is 47.5 Å². The summed E-state index contributed by atoms with van der Waals surface area (Å²) in [6.45, 7) is 1.36. The Bertz CT molecular complexity index is 1270. The van der Waals surface area contributed by atoms with Crippen molar-refractivity contribution < 1.29 is 35.2 Å². The number of rotatable bonds is 5. The molecule has 0 spiro atoms. The van der Waals surface area contributed by atoms with E-state index in [1.165, 1.54) is 42.5 Å². The van der Waals surface area contributed by atoms with Gasteiger partial charge in [-0.25, -0.2) is 0 Å². The van der Waals surface area contributed by atoms with Gasteiger partial charge in [-0.3, -0.25) is 4.18 Å². The van der Waals surface area contributed by atoms with Gasteiger partial charge in [-0.05, 0) is 36.8 Å². The van der Waals surface area contributed by atoms with Crippen molar-refractivity contribution in [3.63, 3.8) is 0 Å². The molecule has 1 atom stereocenters. The fourth-order valence-electron chi connectivity index (χ4n) is 3.37. The summed E-state index contributed by atoms with van der Waals surface area (Å²) in [5.74, 6) is 0.191. The molecule has 0 saturated carbocycles. The monoisotopic (exact) mass is 498 g/mol. The summed E-state index contributed by atoms with van der Waals surface area (Å²) < 4.78 is 82.3. The molecule has 0 bridgehead atoms. The molecule has 0 fully saturated rings. The second-order valence-corrected chi connectivity index (χ2v) is 9.48. The minimum absolute atomic E-state index is 0.0168. The van der Waals surface area contributed by atoms with E-state index in [1.807, 2.05) is 6.92 Å². The Morgan fingerprint density at radius 2 is 1.76 bits per heavy atom. The van der Waals surface area contributed by atoms with Crippen molar-refractivity contribution in [2.45, 2.75) is 24.1 Å². The first-order valence-corrected chi connectivity index (χ1v) is 11.6. The molecular weight excluding hydrogens is 481 g/mol. The highest BCUT2D eigenvalue weighted by Gasteiger charge is 2.35. The molecule has 0 amide bonds. The molecule has 0 aromatic heterocycles. The van der Waals surface area contributed by atoms with Crippen molar-refractivity contribution in [3.05, 3.63) is 76.8 Å². The number of hydrogen-bond donors (Lipinski definition) is 0. The Hall–Kier alpha value is -2.75. The second-order valence-electron chi connectivity index (χ2n) is 7.43. The van der Waals surface area contributed by atoms with Crippen molar-refractivity contribution in [1.82, 2.24) is 0 Å². The van der Waals surface area contributed by atoms with E-state index >= 15 is 0 Å². The van der Waals surface area contributed by atoms with Crippen LogP contribution in [0.15, 0.2) is 65.6 Å². The lowest BCUT2D eigenvalue weighted by atomic mass is 9.97. The van der Waals surface area contributed by atoms with E-state index in [2.05, 4.69) is 0 Å². The number of ether oxygens (including phenoxy) is 2. The Balaban J connectivity index is 1.62. The fourth-order valence-corrected chi connectivity index (χ4v) is 4.51. The zero-order chi connectivity index (χ0) is 23.8. The molecule has 0 saturated heterocycles. The SMILES string of the molecule is Cc1ccc(S(=O)(=O)OC[C@H]2COc3cc(Cl)cc(-c4ccccc4C(F)(F)F)c3O2)cc1. The van der Waals surface area contributed by atoms with E-state index in [1.54, 1.807) is 12.1 Å². The van der Waals surface area contributed by atoms with Gasteiger partial charge in [0, 0.05) is 16.7 Å². The normalized spacial score (nSPS) is 16.0. The third kappa shape index (κ3) is 5.10. The standard InChI is InChI=1S/C23H18ClF3O5S/c1-14-6-8-17(9-7-14)33(28,29)31-13-16-12-30-21-11-15(24)10-19(22(21)32-16)18-4-2-3-5-20(18)23(25,26)27/h2-11,16H,12-13H2,1H3/t16-/m1/s1. The Morgan fingerprint density at radius 3 is 2.45 bits per heavy atom. The lowest BCUT2D eigenvalue weighted by molar-refractivity contribution is -0.137. The van der Waals surface area contributed by atoms with Gasteiger partial charge in [0.15, 0.2) is 17.6 Å². The summed E-state index contributed by atoms with van der Waals surface area (Å²) in [6, 6.07) is 13.9. The zero-order valence-corrected chi connectivity index (χ0v) is 18.8. The van der Waals surface area contributed by atoms with E-state index in [0.717, 1.165) is 11.6 Å². The number of alkyl halides is 3. The molecule has 1 aliphatic heterocycles. The van der Waals surface area contributed by atoms with Gasteiger partial charge in [0.25, 0.3) is 10.1 Å². The summed E-state index contributed by atoms with van der Waals surface area (Å²) in [7, 11) is -4.05. The average molecular weight is 499 g/mol. The predicted octanol–water partition coefficient (Wildman–Crippen LogP) is 5.88. The molecule has 0 N–H and O–H groups in total. The van der Waals surface area contributed by atoms with Crippen LogP contribution in [0.3, 0.4) is 0 Å². The van der Waals surface area contributed by atoms with Gasteiger partial charge >= 0.3 is 6.18 Å². The molecule has 1 aliphatic rings. The molecule has 3 aromatic carbocycles. The molecule has 3 aromatic rings. The van der Waals surface area contributed by atoms with Crippen LogP contribution in [0.1, 0.15) is 11.1 Å². The highest BCUT2D eigenvalue weighted by molar-refractivity contribution is 7.86. The minimum atomic E-state index is -4.61. The second kappa shape index (κ2) is 8.89. The number of halogens is 4. The highest BCUT2D eigenvalue weighted by atomic mass is 35.5. The first-order chi connectivity index (χ1) is 15.5. The molecule has 0 radical (unpaired) electrons. The lowest BCUT2D eigenvalue weighted by Gasteiger charge is -2.28. The number of benzene rings is 3. The van der Waals surface area contributed by atoms with E-state index in [0.29, 0.717) is 0 Å². The van der Waals surface area contributed by atoms with Gasteiger partial charge in [-0.2, -0.15) is 21.6 Å². The van der Waals surface area contributed by atoms with Crippen molar-refractivity contribution in [2.75, 3.05) is 13.2 Å². The summed E-state index contributed by atoms with van der Waals surface area (Å²) in [4.78, 5) is -0.0168.